The van der Waals surface area contributed by atoms with E-state index in [0.717, 1.165) is 10.6 Å². The first-order chi connectivity index (χ1) is 12.0. The van der Waals surface area contributed by atoms with Crippen LogP contribution in [0.5, 0.6) is 5.75 Å². The zero-order valence-electron chi connectivity index (χ0n) is 13.7. The fourth-order valence-electron chi connectivity index (χ4n) is 3.01. The normalized spacial score (nSPS) is 11.1. The lowest BCUT2D eigenvalue weighted by Crippen LogP contribution is -2.09. The first-order valence-electron chi connectivity index (χ1n) is 7.83. The van der Waals surface area contributed by atoms with Crippen molar-refractivity contribution in [3.63, 3.8) is 0 Å². The minimum absolute atomic E-state index is 0.0836. The van der Waals surface area contributed by atoms with Gasteiger partial charge in [0.2, 0.25) is 5.43 Å². The third-order valence-electron chi connectivity index (χ3n) is 4.13. The Hall–Kier alpha value is -2.92. The Morgan fingerprint density at radius 2 is 1.88 bits per heavy atom. The van der Waals surface area contributed by atoms with E-state index in [1.165, 1.54) is 17.4 Å². The van der Waals surface area contributed by atoms with Crippen LogP contribution in [0.15, 0.2) is 57.1 Å². The van der Waals surface area contributed by atoms with Crippen LogP contribution in [0.2, 0.25) is 0 Å². The van der Waals surface area contributed by atoms with Gasteiger partial charge in [-0.25, -0.2) is 4.98 Å². The van der Waals surface area contributed by atoms with Gasteiger partial charge < -0.3 is 9.52 Å². The number of fused-ring (bicyclic) bond motifs is 1. The molecule has 4 aromatic rings. The first-order valence-corrected chi connectivity index (χ1v) is 8.71. The predicted octanol–water partition coefficient (Wildman–Crippen LogP) is 4.91. The number of thiazole rings is 1. The minimum atomic E-state index is -0.124. The fraction of sp³-hybridized carbons (Fsp3) is 0.100. The zero-order chi connectivity index (χ0) is 17.6. The summed E-state index contributed by atoms with van der Waals surface area (Å²) in [6.07, 6.45) is 0. The van der Waals surface area contributed by atoms with Crippen LogP contribution < -0.4 is 5.43 Å². The summed E-state index contributed by atoms with van der Waals surface area (Å²) in [5.41, 5.74) is 3.05. The van der Waals surface area contributed by atoms with Crippen LogP contribution in [-0.2, 0) is 0 Å². The third kappa shape index (κ3) is 2.62. The van der Waals surface area contributed by atoms with Crippen LogP contribution >= 0.6 is 11.3 Å². The quantitative estimate of drug-likeness (QED) is 0.559. The summed E-state index contributed by atoms with van der Waals surface area (Å²) in [6.45, 7) is 3.53. The molecule has 5 heteroatoms. The van der Waals surface area contributed by atoms with Gasteiger partial charge in [-0.05, 0) is 25.5 Å². The van der Waals surface area contributed by atoms with Crippen LogP contribution in [0.4, 0.5) is 0 Å². The van der Waals surface area contributed by atoms with E-state index >= 15 is 0 Å². The number of phenolic OH excluding ortho intramolecular Hbond substituents is 1. The van der Waals surface area contributed by atoms with E-state index in [0.29, 0.717) is 33.6 Å². The maximum atomic E-state index is 13.1. The van der Waals surface area contributed by atoms with Gasteiger partial charge in [-0.15, -0.1) is 11.3 Å². The molecule has 0 unspecified atom stereocenters. The summed E-state index contributed by atoms with van der Waals surface area (Å²) in [7, 11) is 0. The van der Waals surface area contributed by atoms with Crippen LogP contribution in [-0.4, -0.2) is 10.1 Å². The largest absolute Gasteiger partial charge is 0.508 e. The predicted molar refractivity (Wildman–Crippen MR) is 100 cm³/mol. The summed E-state index contributed by atoms with van der Waals surface area (Å²) in [5, 5.41) is 13.0. The van der Waals surface area contributed by atoms with Gasteiger partial charge in [0.15, 0.2) is 0 Å². The number of aromatic hydroxyl groups is 1. The first kappa shape index (κ1) is 15.6. The molecule has 0 saturated carbocycles. The molecule has 0 saturated heterocycles. The molecule has 0 amide bonds. The smallest absolute Gasteiger partial charge is 0.202 e. The molecular weight excluding hydrogens is 334 g/mol. The number of hydrogen-bond acceptors (Lipinski definition) is 5. The summed E-state index contributed by atoms with van der Waals surface area (Å²) in [6, 6.07) is 12.9. The summed E-state index contributed by atoms with van der Waals surface area (Å²) >= 11 is 1.50. The number of hydrogen-bond donors (Lipinski definition) is 1. The molecule has 0 aliphatic carbocycles. The number of benzene rings is 2. The van der Waals surface area contributed by atoms with Crippen molar-refractivity contribution in [1.82, 2.24) is 4.98 Å². The standard InChI is InChI=1S/C20H15NO3S/c1-11-8-14(22)9-16-17(11)19(23)18(12(2)24-16)15-10-25-20(21-15)13-6-4-3-5-7-13/h3-10,22H,1-2H3. The van der Waals surface area contributed by atoms with Gasteiger partial charge in [0.1, 0.15) is 22.1 Å². The molecular formula is C20H15NO3S. The maximum absolute atomic E-state index is 13.1. The van der Waals surface area contributed by atoms with E-state index < -0.39 is 0 Å². The number of aryl methyl sites for hydroxylation is 2. The lowest BCUT2D eigenvalue weighted by molar-refractivity contribution is 0.473. The molecule has 0 atom stereocenters. The molecule has 0 spiro atoms. The Balaban J connectivity index is 1.93. The Morgan fingerprint density at radius 3 is 2.64 bits per heavy atom. The van der Waals surface area contributed by atoms with Crippen LogP contribution in [0, 0.1) is 13.8 Å². The number of rotatable bonds is 2. The highest BCUT2D eigenvalue weighted by molar-refractivity contribution is 7.13. The lowest BCUT2D eigenvalue weighted by Gasteiger charge is -2.07. The second-order valence-electron chi connectivity index (χ2n) is 5.90. The van der Waals surface area contributed by atoms with Crippen molar-refractivity contribution >= 4 is 22.3 Å². The molecule has 0 fully saturated rings. The molecule has 124 valence electrons. The highest BCUT2D eigenvalue weighted by atomic mass is 32.1. The van der Waals surface area contributed by atoms with Crippen LogP contribution in [0.3, 0.4) is 0 Å². The van der Waals surface area contributed by atoms with Gasteiger partial charge >= 0.3 is 0 Å². The fourth-order valence-corrected chi connectivity index (χ4v) is 3.82. The maximum Gasteiger partial charge on any atom is 0.202 e. The van der Waals surface area contributed by atoms with E-state index in [2.05, 4.69) is 4.98 Å². The highest BCUT2D eigenvalue weighted by Crippen LogP contribution is 2.31. The molecule has 2 heterocycles. The van der Waals surface area contributed by atoms with Crippen molar-refractivity contribution in [1.29, 1.82) is 0 Å². The molecule has 4 nitrogen and oxygen atoms in total. The second kappa shape index (κ2) is 5.86. The Bertz CT molecular complexity index is 1140. The number of nitrogens with zero attached hydrogens (tertiary/aromatic N) is 1. The molecule has 0 aliphatic heterocycles. The molecule has 2 aromatic carbocycles. The van der Waals surface area contributed by atoms with Crippen molar-refractivity contribution in [2.24, 2.45) is 0 Å². The number of phenols is 1. The van der Waals surface area contributed by atoms with E-state index in [4.69, 9.17) is 4.42 Å². The molecule has 1 N–H and O–H groups in total. The van der Waals surface area contributed by atoms with E-state index in [1.54, 1.807) is 19.9 Å². The van der Waals surface area contributed by atoms with Gasteiger partial charge in [0.25, 0.3) is 0 Å². The van der Waals surface area contributed by atoms with Gasteiger partial charge in [0, 0.05) is 17.0 Å². The highest BCUT2D eigenvalue weighted by Gasteiger charge is 2.18. The van der Waals surface area contributed by atoms with E-state index in [-0.39, 0.29) is 11.2 Å². The Labute approximate surface area is 148 Å². The minimum Gasteiger partial charge on any atom is -0.508 e. The molecule has 0 radical (unpaired) electrons. The van der Waals surface area contributed by atoms with Crippen LogP contribution in [0.25, 0.3) is 32.8 Å². The Kier molecular flexibility index (Phi) is 3.66. The topological polar surface area (TPSA) is 63.3 Å². The van der Waals surface area contributed by atoms with E-state index in [1.807, 2.05) is 35.7 Å². The van der Waals surface area contributed by atoms with Crippen molar-refractivity contribution in [3.8, 4) is 27.6 Å². The monoisotopic (exact) mass is 349 g/mol. The molecule has 0 bridgehead atoms. The van der Waals surface area contributed by atoms with E-state index in [9.17, 15) is 9.90 Å². The third-order valence-corrected chi connectivity index (χ3v) is 5.03. The van der Waals surface area contributed by atoms with Gasteiger partial charge in [-0.3, -0.25) is 4.79 Å². The SMILES string of the molecule is Cc1oc2cc(O)cc(C)c2c(=O)c1-c1csc(-c2ccccc2)n1. The second-order valence-corrected chi connectivity index (χ2v) is 6.76. The average molecular weight is 349 g/mol. The summed E-state index contributed by atoms with van der Waals surface area (Å²) in [5.74, 6) is 0.577. The van der Waals surface area contributed by atoms with Gasteiger partial charge in [0.05, 0.1) is 16.6 Å². The molecule has 0 aliphatic rings. The van der Waals surface area contributed by atoms with Gasteiger partial charge in [-0.2, -0.15) is 0 Å². The Morgan fingerprint density at radius 1 is 1.12 bits per heavy atom. The summed E-state index contributed by atoms with van der Waals surface area (Å²) < 4.78 is 5.81. The van der Waals surface area contributed by atoms with Crippen molar-refractivity contribution < 1.29 is 9.52 Å². The average Bonchev–Trinajstić information content (AvgIpc) is 3.04. The van der Waals surface area contributed by atoms with Crippen molar-refractivity contribution in [2.45, 2.75) is 13.8 Å². The lowest BCUT2D eigenvalue weighted by atomic mass is 10.0. The zero-order valence-corrected chi connectivity index (χ0v) is 14.6. The molecule has 25 heavy (non-hydrogen) atoms. The summed E-state index contributed by atoms with van der Waals surface area (Å²) in [4.78, 5) is 17.7. The van der Waals surface area contributed by atoms with Gasteiger partial charge in [-0.1, -0.05) is 30.3 Å². The van der Waals surface area contributed by atoms with Crippen molar-refractivity contribution in [3.05, 3.63) is 69.4 Å². The molecule has 2 aromatic heterocycles. The van der Waals surface area contributed by atoms with Crippen molar-refractivity contribution in [2.75, 3.05) is 0 Å². The van der Waals surface area contributed by atoms with Crippen LogP contribution in [0.1, 0.15) is 11.3 Å². The molecule has 4 rings (SSSR count). The number of aromatic nitrogens is 1.